The first kappa shape index (κ1) is 13.5. The Morgan fingerprint density at radius 2 is 2.25 bits per heavy atom. The Hall–Kier alpha value is -1.45. The molecule has 1 aliphatic rings. The summed E-state index contributed by atoms with van der Waals surface area (Å²) >= 11 is 0. The predicted molar refractivity (Wildman–Crippen MR) is 83.5 cm³/mol. The molecule has 1 aliphatic heterocycles. The van der Waals surface area contributed by atoms with Gasteiger partial charge in [0.15, 0.2) is 0 Å². The van der Waals surface area contributed by atoms with Crippen LogP contribution >= 0.6 is 0 Å². The number of likely N-dealkylation sites (tertiary alicyclic amines) is 1. The lowest BCUT2D eigenvalue weighted by atomic mass is 9.84. The Balaban J connectivity index is 2.01. The number of fused-ring (bicyclic) bond motifs is 1. The molecule has 1 aromatic carbocycles. The highest BCUT2D eigenvalue weighted by atomic mass is 15.2. The van der Waals surface area contributed by atoms with Gasteiger partial charge in [0.1, 0.15) is 0 Å². The third-order valence-electron chi connectivity index (χ3n) is 4.54. The molecule has 0 spiro atoms. The highest BCUT2D eigenvalue weighted by Crippen LogP contribution is 2.36. The largest absolute Gasteiger partial charge is 0.330 e. The van der Waals surface area contributed by atoms with Gasteiger partial charge in [0, 0.05) is 17.6 Å². The predicted octanol–water partition coefficient (Wildman–Crippen LogP) is 2.97. The van der Waals surface area contributed by atoms with Gasteiger partial charge < -0.3 is 5.73 Å². The second-order valence-corrected chi connectivity index (χ2v) is 5.67. The minimum Gasteiger partial charge on any atom is -0.330 e. The quantitative estimate of drug-likeness (QED) is 0.931. The Labute approximate surface area is 120 Å². The van der Waals surface area contributed by atoms with Crippen LogP contribution < -0.4 is 5.73 Å². The van der Waals surface area contributed by atoms with E-state index in [1.807, 2.05) is 12.3 Å². The number of pyridine rings is 1. The number of rotatable bonds is 3. The van der Waals surface area contributed by atoms with Crippen molar-refractivity contribution in [2.24, 2.45) is 11.7 Å². The lowest BCUT2D eigenvalue weighted by Crippen LogP contribution is -2.41. The Morgan fingerprint density at radius 3 is 3.05 bits per heavy atom. The molecule has 3 nitrogen and oxygen atoms in total. The highest BCUT2D eigenvalue weighted by molar-refractivity contribution is 5.79. The minimum atomic E-state index is 0.461. The molecule has 0 aliphatic carbocycles. The van der Waals surface area contributed by atoms with Crippen molar-refractivity contribution in [1.82, 2.24) is 9.88 Å². The van der Waals surface area contributed by atoms with E-state index in [2.05, 4.69) is 41.1 Å². The second kappa shape index (κ2) is 5.90. The van der Waals surface area contributed by atoms with Gasteiger partial charge in [-0.05, 0) is 62.2 Å². The molecule has 0 saturated carbocycles. The third-order valence-corrected chi connectivity index (χ3v) is 4.54. The van der Waals surface area contributed by atoms with Crippen molar-refractivity contribution in [2.45, 2.75) is 25.8 Å². The summed E-state index contributed by atoms with van der Waals surface area (Å²) in [5.41, 5.74) is 8.48. The topological polar surface area (TPSA) is 42.1 Å². The number of piperidine rings is 1. The van der Waals surface area contributed by atoms with E-state index < -0.39 is 0 Å². The summed E-state index contributed by atoms with van der Waals surface area (Å²) in [6.07, 6.45) is 4.35. The Morgan fingerprint density at radius 1 is 1.35 bits per heavy atom. The van der Waals surface area contributed by atoms with Gasteiger partial charge in [-0.25, -0.2) is 0 Å². The van der Waals surface area contributed by atoms with Crippen LogP contribution in [0.25, 0.3) is 10.9 Å². The van der Waals surface area contributed by atoms with Gasteiger partial charge in [0.25, 0.3) is 0 Å². The molecule has 2 N–H and O–H groups in total. The summed E-state index contributed by atoms with van der Waals surface area (Å²) in [6.45, 7) is 5.29. The zero-order chi connectivity index (χ0) is 13.9. The van der Waals surface area contributed by atoms with Crippen LogP contribution in [0.1, 0.15) is 31.4 Å². The molecule has 1 fully saturated rings. The number of nitrogens with two attached hydrogens (primary N) is 1. The standard InChI is InChI=1S/C17H23N3/c1-2-20-10-4-6-15(12-18)17(20)14-7-8-16-13(11-14)5-3-9-19-16/h3,5,7-9,11,15,17H,2,4,6,10,12,18H2,1H3. The SMILES string of the molecule is CCN1CCCC(CN)C1c1ccc2ncccc2c1. The number of nitrogens with zero attached hydrogens (tertiary/aromatic N) is 2. The van der Waals surface area contributed by atoms with Crippen LogP contribution in [0.3, 0.4) is 0 Å². The number of benzene rings is 1. The summed E-state index contributed by atoms with van der Waals surface area (Å²) in [6, 6.07) is 11.3. The van der Waals surface area contributed by atoms with E-state index in [9.17, 15) is 0 Å². The molecule has 2 unspecified atom stereocenters. The Kier molecular flexibility index (Phi) is 3.99. The van der Waals surface area contributed by atoms with Crippen LogP contribution in [0.5, 0.6) is 0 Å². The molecule has 0 amide bonds. The highest BCUT2D eigenvalue weighted by Gasteiger charge is 2.30. The summed E-state index contributed by atoms with van der Waals surface area (Å²) < 4.78 is 0. The average molecular weight is 269 g/mol. The van der Waals surface area contributed by atoms with Gasteiger partial charge in [-0.3, -0.25) is 9.88 Å². The summed E-state index contributed by atoms with van der Waals surface area (Å²) in [5.74, 6) is 0.567. The van der Waals surface area contributed by atoms with Crippen molar-refractivity contribution in [3.05, 3.63) is 42.1 Å². The van der Waals surface area contributed by atoms with Crippen molar-refractivity contribution in [3.63, 3.8) is 0 Å². The summed E-state index contributed by atoms with van der Waals surface area (Å²) in [7, 11) is 0. The van der Waals surface area contributed by atoms with E-state index in [1.165, 1.54) is 30.3 Å². The van der Waals surface area contributed by atoms with E-state index >= 15 is 0 Å². The molecule has 2 heterocycles. The molecular formula is C17H23N3. The van der Waals surface area contributed by atoms with E-state index in [0.717, 1.165) is 18.6 Å². The van der Waals surface area contributed by atoms with E-state index in [0.29, 0.717) is 12.0 Å². The van der Waals surface area contributed by atoms with Crippen LogP contribution in [-0.4, -0.2) is 29.5 Å². The average Bonchev–Trinajstić information content (AvgIpc) is 2.53. The summed E-state index contributed by atoms with van der Waals surface area (Å²) in [5, 5.41) is 1.22. The maximum atomic E-state index is 6.02. The molecule has 2 atom stereocenters. The molecule has 1 aromatic heterocycles. The lowest BCUT2D eigenvalue weighted by molar-refractivity contribution is 0.102. The lowest BCUT2D eigenvalue weighted by Gasteiger charge is -2.41. The number of aromatic nitrogens is 1. The molecular weight excluding hydrogens is 246 g/mol. The fourth-order valence-electron chi connectivity index (χ4n) is 3.51. The molecule has 0 radical (unpaired) electrons. The third kappa shape index (κ3) is 2.43. The van der Waals surface area contributed by atoms with Gasteiger partial charge in [-0.15, -0.1) is 0 Å². The smallest absolute Gasteiger partial charge is 0.0702 e. The van der Waals surface area contributed by atoms with Crippen molar-refractivity contribution >= 4 is 10.9 Å². The maximum Gasteiger partial charge on any atom is 0.0702 e. The van der Waals surface area contributed by atoms with Gasteiger partial charge >= 0.3 is 0 Å². The zero-order valence-electron chi connectivity index (χ0n) is 12.1. The van der Waals surface area contributed by atoms with Crippen molar-refractivity contribution < 1.29 is 0 Å². The summed E-state index contributed by atoms with van der Waals surface area (Å²) in [4.78, 5) is 6.98. The normalized spacial score (nSPS) is 24.1. The van der Waals surface area contributed by atoms with Crippen LogP contribution in [0.4, 0.5) is 0 Å². The fraction of sp³-hybridized carbons (Fsp3) is 0.471. The van der Waals surface area contributed by atoms with E-state index in [4.69, 9.17) is 5.73 Å². The first-order valence-electron chi connectivity index (χ1n) is 7.62. The molecule has 3 rings (SSSR count). The molecule has 3 heteroatoms. The van der Waals surface area contributed by atoms with Crippen LogP contribution in [0, 0.1) is 5.92 Å². The number of hydrogen-bond acceptors (Lipinski definition) is 3. The molecule has 1 saturated heterocycles. The minimum absolute atomic E-state index is 0.461. The van der Waals surface area contributed by atoms with Crippen molar-refractivity contribution in [2.75, 3.05) is 19.6 Å². The van der Waals surface area contributed by atoms with E-state index in [1.54, 1.807) is 0 Å². The van der Waals surface area contributed by atoms with Gasteiger partial charge in [-0.2, -0.15) is 0 Å². The second-order valence-electron chi connectivity index (χ2n) is 5.67. The van der Waals surface area contributed by atoms with E-state index in [-0.39, 0.29) is 0 Å². The van der Waals surface area contributed by atoms with Gasteiger partial charge in [0.05, 0.1) is 5.52 Å². The Bertz CT molecular complexity index is 569. The van der Waals surface area contributed by atoms with Crippen LogP contribution in [-0.2, 0) is 0 Å². The van der Waals surface area contributed by atoms with Gasteiger partial charge in [0.2, 0.25) is 0 Å². The van der Waals surface area contributed by atoms with Gasteiger partial charge in [-0.1, -0.05) is 19.1 Å². The fourth-order valence-corrected chi connectivity index (χ4v) is 3.51. The monoisotopic (exact) mass is 269 g/mol. The molecule has 106 valence electrons. The van der Waals surface area contributed by atoms with Crippen LogP contribution in [0.2, 0.25) is 0 Å². The van der Waals surface area contributed by atoms with Crippen molar-refractivity contribution in [1.29, 1.82) is 0 Å². The first-order valence-corrected chi connectivity index (χ1v) is 7.62. The maximum absolute atomic E-state index is 6.02. The first-order chi connectivity index (χ1) is 9.83. The van der Waals surface area contributed by atoms with Crippen molar-refractivity contribution in [3.8, 4) is 0 Å². The zero-order valence-corrected chi connectivity index (χ0v) is 12.1. The molecule has 2 aromatic rings. The number of hydrogen-bond donors (Lipinski definition) is 1. The molecule has 0 bridgehead atoms. The molecule has 20 heavy (non-hydrogen) atoms. The van der Waals surface area contributed by atoms with Crippen LogP contribution in [0.15, 0.2) is 36.5 Å².